The van der Waals surface area contributed by atoms with Crippen molar-refractivity contribution in [2.24, 2.45) is 0 Å². The molecule has 0 aromatic heterocycles. The highest BCUT2D eigenvalue weighted by atomic mass is 32.2. The molecule has 0 heterocycles. The normalized spacial score (nSPS) is 13.6. The van der Waals surface area contributed by atoms with Gasteiger partial charge in [-0.25, -0.2) is 0 Å². The number of methoxy groups -OCH3 is 4. The smallest absolute Gasteiger partial charge is 0.297 e. The maximum atomic E-state index is 12.1. The Morgan fingerprint density at radius 2 is 0.667 bits per heavy atom. The number of hydrogen-bond donors (Lipinski definition) is 0. The summed E-state index contributed by atoms with van der Waals surface area (Å²) in [5, 5.41) is 0. The zero-order valence-electron chi connectivity index (χ0n) is 34.8. The van der Waals surface area contributed by atoms with Gasteiger partial charge in [-0.1, -0.05) is 17.7 Å². The summed E-state index contributed by atoms with van der Waals surface area (Å²) in [7, 11) is 2.69. The van der Waals surface area contributed by atoms with Crippen molar-refractivity contribution < 1.29 is 83.7 Å². The third kappa shape index (κ3) is 32.0. The van der Waals surface area contributed by atoms with Gasteiger partial charge in [-0.2, -0.15) is 8.42 Å². The van der Waals surface area contributed by atoms with Crippen LogP contribution < -0.4 is 0 Å². The molecule has 0 aliphatic carbocycles. The summed E-state index contributed by atoms with van der Waals surface area (Å²) in [5.41, 5.74) is 0.971. The average Bonchev–Trinajstić information content (AvgIpc) is 3.21. The Morgan fingerprint density at radius 3 is 0.982 bits per heavy atom. The molecule has 0 N–H and O–H groups in total. The first-order valence-electron chi connectivity index (χ1n) is 19.2. The zero-order valence-corrected chi connectivity index (χ0v) is 35.6. The third-order valence-corrected chi connectivity index (χ3v) is 8.95. The van der Waals surface area contributed by atoms with Gasteiger partial charge in [0.15, 0.2) is 0 Å². The summed E-state index contributed by atoms with van der Waals surface area (Å²) in [5.74, 6) is 0. The minimum absolute atomic E-state index is 0.0657. The molecule has 0 saturated heterocycles. The first kappa shape index (κ1) is 53.5. The van der Waals surface area contributed by atoms with Crippen LogP contribution in [-0.4, -0.2) is 214 Å². The maximum Gasteiger partial charge on any atom is 0.297 e. The second kappa shape index (κ2) is 38.7. The average molecular weight is 847 g/mol. The number of aryl methyl sites for hydroxylation is 1. The van der Waals surface area contributed by atoms with E-state index in [1.807, 2.05) is 6.92 Å². The molecular weight excluding hydrogens is 776 g/mol. The van der Waals surface area contributed by atoms with Crippen LogP contribution in [0.2, 0.25) is 0 Å². The van der Waals surface area contributed by atoms with E-state index in [0.717, 1.165) is 5.56 Å². The second-order valence-electron chi connectivity index (χ2n) is 12.2. The molecule has 3 atom stereocenters. The fraction of sp³-hybridized carbons (Fsp3) is 0.842. The van der Waals surface area contributed by atoms with Gasteiger partial charge in [0.05, 0.1) is 163 Å². The number of benzene rings is 1. The van der Waals surface area contributed by atoms with Crippen LogP contribution in [-0.2, 0) is 85.4 Å². The van der Waals surface area contributed by atoms with Gasteiger partial charge in [-0.05, 0) is 19.1 Å². The van der Waals surface area contributed by atoms with E-state index < -0.39 is 10.1 Å². The molecule has 0 amide bonds. The van der Waals surface area contributed by atoms with E-state index in [4.69, 9.17) is 75.2 Å². The molecule has 18 nitrogen and oxygen atoms in total. The fourth-order valence-electron chi connectivity index (χ4n) is 4.35. The van der Waals surface area contributed by atoms with Crippen molar-refractivity contribution in [3.63, 3.8) is 0 Å². The van der Waals surface area contributed by atoms with E-state index in [0.29, 0.717) is 145 Å². The summed E-state index contributed by atoms with van der Waals surface area (Å²) < 4.78 is 111. The van der Waals surface area contributed by atoms with Crippen LogP contribution in [0, 0.1) is 6.92 Å². The molecule has 1 aromatic carbocycles. The highest BCUT2D eigenvalue weighted by Crippen LogP contribution is 2.13. The van der Waals surface area contributed by atoms with Gasteiger partial charge in [0.1, 0.15) is 18.3 Å². The quantitative estimate of drug-likeness (QED) is 0.0681. The van der Waals surface area contributed by atoms with Crippen molar-refractivity contribution in [3.8, 4) is 0 Å². The lowest BCUT2D eigenvalue weighted by Crippen LogP contribution is -2.31. The lowest BCUT2D eigenvalue weighted by molar-refractivity contribution is -0.0919. The van der Waals surface area contributed by atoms with E-state index in [9.17, 15) is 8.42 Å². The van der Waals surface area contributed by atoms with Gasteiger partial charge in [0, 0.05) is 28.4 Å². The molecular formula is C38H70O18S. The molecule has 0 spiro atoms. The van der Waals surface area contributed by atoms with Gasteiger partial charge in [-0.3, -0.25) is 4.18 Å². The van der Waals surface area contributed by atoms with Crippen LogP contribution in [0.4, 0.5) is 0 Å². The van der Waals surface area contributed by atoms with Gasteiger partial charge in [0.25, 0.3) is 10.1 Å². The lowest BCUT2D eigenvalue weighted by atomic mass is 10.2. The molecule has 0 radical (unpaired) electrons. The Hall–Kier alpha value is -1.47. The first-order chi connectivity index (χ1) is 27.9. The van der Waals surface area contributed by atoms with Crippen molar-refractivity contribution in [2.45, 2.75) is 30.1 Å². The molecule has 0 aliphatic rings. The molecule has 336 valence electrons. The van der Waals surface area contributed by atoms with Crippen LogP contribution >= 0.6 is 0 Å². The lowest BCUT2D eigenvalue weighted by Gasteiger charge is -2.20. The van der Waals surface area contributed by atoms with E-state index in [2.05, 4.69) is 0 Å². The summed E-state index contributed by atoms with van der Waals surface area (Å²) in [4.78, 5) is 0.124. The Kier molecular flexibility index (Phi) is 36.4. The van der Waals surface area contributed by atoms with Gasteiger partial charge in [-0.15, -0.1) is 0 Å². The molecule has 57 heavy (non-hydrogen) atoms. The second-order valence-corrected chi connectivity index (χ2v) is 13.8. The Bertz CT molecular complexity index is 1100. The van der Waals surface area contributed by atoms with Crippen LogP contribution in [0.3, 0.4) is 0 Å². The van der Waals surface area contributed by atoms with Crippen molar-refractivity contribution in [2.75, 3.05) is 187 Å². The summed E-state index contributed by atoms with van der Waals surface area (Å²) >= 11 is 0. The van der Waals surface area contributed by atoms with Gasteiger partial charge >= 0.3 is 0 Å². The molecule has 0 bridgehead atoms. The van der Waals surface area contributed by atoms with Crippen LogP contribution in [0.1, 0.15) is 5.56 Å². The molecule has 1 aromatic rings. The van der Waals surface area contributed by atoms with E-state index in [1.165, 1.54) is 12.1 Å². The molecule has 0 fully saturated rings. The van der Waals surface area contributed by atoms with Gasteiger partial charge in [0.2, 0.25) is 0 Å². The van der Waals surface area contributed by atoms with Gasteiger partial charge < -0.3 is 71.1 Å². The van der Waals surface area contributed by atoms with Crippen molar-refractivity contribution >= 4 is 10.1 Å². The van der Waals surface area contributed by atoms with E-state index in [1.54, 1.807) is 40.6 Å². The predicted octanol–water partition coefficient (Wildman–Crippen LogP) is 1.57. The van der Waals surface area contributed by atoms with Crippen molar-refractivity contribution in [1.82, 2.24) is 0 Å². The standard InChI is InChI=1S/C38H70O18S/c1-34-6-8-38(9-7-34)57(39,40)56-27-26-52-23-22-50-19-18-48-15-14-46-11-10-45-12-13-47-16-17-49-20-21-51-24-25-53-29-36(43-4)31-55-33-37(44-5)32-54-30-35(42-3)28-41-2/h6-9,35-37H,10-33H2,1-5H3. The molecule has 1 rings (SSSR count). The van der Waals surface area contributed by atoms with E-state index >= 15 is 0 Å². The van der Waals surface area contributed by atoms with Crippen LogP contribution in [0.25, 0.3) is 0 Å². The van der Waals surface area contributed by atoms with Crippen molar-refractivity contribution in [3.05, 3.63) is 29.8 Å². The molecule has 0 saturated carbocycles. The zero-order chi connectivity index (χ0) is 41.5. The van der Waals surface area contributed by atoms with Crippen LogP contribution in [0.5, 0.6) is 0 Å². The minimum atomic E-state index is -3.78. The monoisotopic (exact) mass is 846 g/mol. The number of rotatable bonds is 44. The predicted molar refractivity (Wildman–Crippen MR) is 208 cm³/mol. The van der Waals surface area contributed by atoms with Crippen molar-refractivity contribution in [1.29, 1.82) is 0 Å². The molecule has 19 heteroatoms. The minimum Gasteiger partial charge on any atom is -0.382 e. The SMILES string of the molecule is COCC(COCC(COCC(COCCOCCOCCOCCOCCOCCOCCOCCOCCOS(=O)(=O)c1ccc(C)cc1)OC)OC)OC. The largest absolute Gasteiger partial charge is 0.382 e. The Labute approximate surface area is 340 Å². The highest BCUT2D eigenvalue weighted by Gasteiger charge is 2.15. The topological polar surface area (TPSA) is 182 Å². The summed E-state index contributed by atoms with van der Waals surface area (Å²) in [6.07, 6.45) is -0.550. The molecule has 3 unspecified atom stereocenters. The van der Waals surface area contributed by atoms with Crippen LogP contribution in [0.15, 0.2) is 29.2 Å². The number of hydrogen-bond acceptors (Lipinski definition) is 18. The maximum absolute atomic E-state index is 12.1. The summed E-state index contributed by atoms with van der Waals surface area (Å²) in [6.45, 7) is 11.3. The Balaban J connectivity index is 1.77. The first-order valence-corrected chi connectivity index (χ1v) is 20.7. The summed E-state index contributed by atoms with van der Waals surface area (Å²) in [6, 6.07) is 6.47. The highest BCUT2D eigenvalue weighted by molar-refractivity contribution is 7.86. The molecule has 0 aliphatic heterocycles. The fourth-order valence-corrected chi connectivity index (χ4v) is 5.24. The Morgan fingerprint density at radius 1 is 0.386 bits per heavy atom. The van der Waals surface area contributed by atoms with E-state index in [-0.39, 0.29) is 36.4 Å². The third-order valence-electron chi connectivity index (χ3n) is 7.62. The number of ether oxygens (including phenoxy) is 15.